The van der Waals surface area contributed by atoms with Gasteiger partial charge in [-0.1, -0.05) is 39.0 Å². The van der Waals surface area contributed by atoms with Gasteiger partial charge in [0.05, 0.1) is 17.4 Å². The zero-order valence-electron chi connectivity index (χ0n) is 17.3. The third-order valence-electron chi connectivity index (χ3n) is 4.32. The maximum absolute atomic E-state index is 11.0. The van der Waals surface area contributed by atoms with E-state index in [1.807, 2.05) is 12.1 Å². The number of aromatic nitrogens is 1. The molecule has 2 heterocycles. The van der Waals surface area contributed by atoms with Gasteiger partial charge in [0.1, 0.15) is 5.01 Å². The van der Waals surface area contributed by atoms with E-state index in [9.17, 15) is 8.42 Å². The van der Waals surface area contributed by atoms with E-state index in [0.717, 1.165) is 35.7 Å². The Balaban J connectivity index is 1.74. The molecule has 0 aliphatic rings. The molecule has 6 nitrogen and oxygen atoms in total. The van der Waals surface area contributed by atoms with Gasteiger partial charge >= 0.3 is 10.3 Å². The summed E-state index contributed by atoms with van der Waals surface area (Å²) in [6, 6.07) is 11.3. The Bertz CT molecular complexity index is 1040. The third-order valence-corrected chi connectivity index (χ3v) is 6.70. The zero-order chi connectivity index (χ0) is 21.8. The molecule has 3 aromatic rings. The van der Waals surface area contributed by atoms with E-state index in [1.165, 1.54) is 4.88 Å². The van der Waals surface area contributed by atoms with E-state index in [2.05, 4.69) is 53.7 Å². The first-order valence-electron chi connectivity index (χ1n) is 9.62. The monoisotopic (exact) mass is 465 g/mol. The number of hydrogen-bond donors (Lipinski definition) is 3. The Hall–Kier alpha value is -1.78. The number of rotatable bonds is 9. The lowest BCUT2D eigenvalue weighted by Crippen LogP contribution is -2.31. The predicted octanol–water partition coefficient (Wildman–Crippen LogP) is 4.93. The number of nitrogens with zero attached hydrogens (tertiary/aromatic N) is 1. The van der Waals surface area contributed by atoms with Gasteiger partial charge in [0.15, 0.2) is 0 Å². The molecule has 0 bridgehead atoms. The van der Waals surface area contributed by atoms with Crippen molar-refractivity contribution < 1.29 is 13.0 Å². The van der Waals surface area contributed by atoms with Crippen LogP contribution in [0.1, 0.15) is 48.0 Å². The van der Waals surface area contributed by atoms with E-state index >= 15 is 0 Å². The fourth-order valence-electron chi connectivity index (χ4n) is 2.93. The molecule has 1 atom stereocenters. The van der Waals surface area contributed by atoms with Gasteiger partial charge in [-0.05, 0) is 41.0 Å². The highest BCUT2D eigenvalue weighted by atomic mass is 32.2. The standard InChI is InChI=1S/C21H27N3O3S3/c1-21(2,3)14-22-19(11-15-6-8-16(9-7-15)24-30(25,26)27)20-23-17(13-29-20)12-18-5-4-10-28-18/h4-10,13,19,22,24H,11-12,14H2,1-3H3,(H,25,26,27). The molecular formula is C21H27N3O3S3. The van der Waals surface area contributed by atoms with E-state index in [1.54, 1.807) is 34.8 Å². The SMILES string of the molecule is CC(C)(C)CNC(Cc1ccc(NS(=O)(=O)O)cc1)c1nc(Cc2cccs2)cs1. The molecule has 1 aromatic carbocycles. The van der Waals surface area contributed by atoms with Gasteiger partial charge in [0, 0.05) is 23.2 Å². The average Bonchev–Trinajstić information content (AvgIpc) is 3.30. The topological polar surface area (TPSA) is 91.3 Å². The summed E-state index contributed by atoms with van der Waals surface area (Å²) >= 11 is 3.41. The minimum absolute atomic E-state index is 0.0618. The van der Waals surface area contributed by atoms with Crippen molar-refractivity contribution in [2.45, 2.75) is 39.7 Å². The molecule has 162 valence electrons. The van der Waals surface area contributed by atoms with E-state index in [-0.39, 0.29) is 11.5 Å². The first-order chi connectivity index (χ1) is 14.1. The first kappa shape index (κ1) is 22.9. The van der Waals surface area contributed by atoms with Crippen LogP contribution < -0.4 is 10.0 Å². The van der Waals surface area contributed by atoms with Crippen LogP contribution in [0, 0.1) is 5.41 Å². The van der Waals surface area contributed by atoms with Gasteiger partial charge in [0.25, 0.3) is 0 Å². The van der Waals surface area contributed by atoms with Gasteiger partial charge in [-0.15, -0.1) is 22.7 Å². The number of benzene rings is 1. The third kappa shape index (κ3) is 7.48. The summed E-state index contributed by atoms with van der Waals surface area (Å²) in [5.41, 5.74) is 2.59. The summed E-state index contributed by atoms with van der Waals surface area (Å²) in [6.45, 7) is 7.42. The quantitative estimate of drug-likeness (QED) is 0.390. The highest BCUT2D eigenvalue weighted by Crippen LogP contribution is 2.26. The average molecular weight is 466 g/mol. The molecule has 0 fully saturated rings. The lowest BCUT2D eigenvalue weighted by atomic mass is 9.96. The number of thiazole rings is 1. The minimum atomic E-state index is -4.27. The van der Waals surface area contributed by atoms with Gasteiger partial charge in [-0.3, -0.25) is 9.27 Å². The number of anilines is 1. The summed E-state index contributed by atoms with van der Waals surface area (Å²) < 4.78 is 32.9. The molecule has 30 heavy (non-hydrogen) atoms. The van der Waals surface area contributed by atoms with Crippen LogP contribution in [-0.4, -0.2) is 24.5 Å². The summed E-state index contributed by atoms with van der Waals surface area (Å²) in [6.07, 6.45) is 1.57. The summed E-state index contributed by atoms with van der Waals surface area (Å²) in [7, 11) is -4.27. The summed E-state index contributed by atoms with van der Waals surface area (Å²) in [4.78, 5) is 6.19. The van der Waals surface area contributed by atoms with Gasteiger partial charge in [0.2, 0.25) is 0 Å². The fraction of sp³-hybridized carbons (Fsp3) is 0.381. The van der Waals surface area contributed by atoms with Crippen LogP contribution in [0.2, 0.25) is 0 Å². The van der Waals surface area contributed by atoms with Crippen molar-refractivity contribution in [3.05, 3.63) is 68.3 Å². The van der Waals surface area contributed by atoms with Crippen LogP contribution >= 0.6 is 22.7 Å². The van der Waals surface area contributed by atoms with Crippen molar-refractivity contribution in [3.8, 4) is 0 Å². The Morgan fingerprint density at radius 2 is 1.87 bits per heavy atom. The van der Waals surface area contributed by atoms with Crippen LogP contribution in [0.15, 0.2) is 47.2 Å². The molecule has 3 rings (SSSR count). The van der Waals surface area contributed by atoms with Gasteiger partial charge in [-0.2, -0.15) is 8.42 Å². The van der Waals surface area contributed by atoms with Crippen LogP contribution in [0.25, 0.3) is 0 Å². The van der Waals surface area contributed by atoms with Crippen LogP contribution in [0.4, 0.5) is 5.69 Å². The van der Waals surface area contributed by atoms with Crippen molar-refractivity contribution >= 4 is 38.7 Å². The predicted molar refractivity (Wildman–Crippen MR) is 125 cm³/mol. The lowest BCUT2D eigenvalue weighted by Gasteiger charge is -2.24. The second-order valence-electron chi connectivity index (χ2n) is 8.41. The lowest BCUT2D eigenvalue weighted by molar-refractivity contribution is 0.351. The van der Waals surface area contributed by atoms with Crippen molar-refractivity contribution in [1.29, 1.82) is 0 Å². The second kappa shape index (κ2) is 9.57. The number of thiophene rings is 1. The maximum Gasteiger partial charge on any atom is 0.357 e. The van der Waals surface area contributed by atoms with Crippen molar-refractivity contribution in [1.82, 2.24) is 10.3 Å². The van der Waals surface area contributed by atoms with Crippen molar-refractivity contribution in [3.63, 3.8) is 0 Å². The molecule has 3 N–H and O–H groups in total. The van der Waals surface area contributed by atoms with E-state index < -0.39 is 10.3 Å². The zero-order valence-corrected chi connectivity index (χ0v) is 19.7. The normalized spacial score (nSPS) is 13.3. The molecular weight excluding hydrogens is 438 g/mol. The number of nitrogens with one attached hydrogen (secondary N) is 2. The summed E-state index contributed by atoms with van der Waals surface area (Å²) in [5, 5.41) is 8.90. The fourth-order valence-corrected chi connectivity index (χ4v) is 4.97. The Morgan fingerprint density at radius 1 is 1.13 bits per heavy atom. The highest BCUT2D eigenvalue weighted by molar-refractivity contribution is 7.87. The summed E-state index contributed by atoms with van der Waals surface area (Å²) in [5.74, 6) is 0. The van der Waals surface area contributed by atoms with Crippen LogP contribution in [0.3, 0.4) is 0 Å². The molecule has 0 amide bonds. The molecule has 9 heteroatoms. The Morgan fingerprint density at radius 3 is 2.47 bits per heavy atom. The Labute approximate surface area is 186 Å². The highest BCUT2D eigenvalue weighted by Gasteiger charge is 2.20. The molecule has 0 radical (unpaired) electrons. The van der Waals surface area contributed by atoms with Gasteiger partial charge in [-0.25, -0.2) is 4.98 Å². The number of hydrogen-bond acceptors (Lipinski definition) is 6. The molecule has 0 aliphatic carbocycles. The van der Waals surface area contributed by atoms with Crippen LogP contribution in [0.5, 0.6) is 0 Å². The largest absolute Gasteiger partial charge is 0.357 e. The molecule has 1 unspecified atom stereocenters. The Kier molecular flexibility index (Phi) is 7.30. The minimum Gasteiger partial charge on any atom is -0.307 e. The smallest absolute Gasteiger partial charge is 0.307 e. The molecule has 0 saturated heterocycles. The van der Waals surface area contributed by atoms with Crippen molar-refractivity contribution in [2.75, 3.05) is 11.3 Å². The van der Waals surface area contributed by atoms with Crippen LogP contribution in [-0.2, 0) is 23.1 Å². The van der Waals surface area contributed by atoms with E-state index in [4.69, 9.17) is 9.54 Å². The molecule has 0 spiro atoms. The van der Waals surface area contributed by atoms with Gasteiger partial charge < -0.3 is 5.32 Å². The first-order valence-corrected chi connectivity index (χ1v) is 12.8. The maximum atomic E-state index is 11.0. The second-order valence-corrected chi connectivity index (χ2v) is 11.5. The molecule has 0 saturated carbocycles. The molecule has 0 aliphatic heterocycles. The molecule has 2 aromatic heterocycles. The van der Waals surface area contributed by atoms with E-state index in [0.29, 0.717) is 5.69 Å². The van der Waals surface area contributed by atoms with Crippen molar-refractivity contribution in [2.24, 2.45) is 5.41 Å².